The van der Waals surface area contributed by atoms with E-state index in [-0.39, 0.29) is 90.7 Å². The third-order valence-corrected chi connectivity index (χ3v) is 13.0. The van der Waals surface area contributed by atoms with Crippen LogP contribution in [0.5, 0.6) is 0 Å². The molecule has 0 saturated carbocycles. The van der Waals surface area contributed by atoms with Gasteiger partial charge in [-0.05, 0) is 115 Å². The number of aliphatic carboxylic acids is 7. The minimum absolute atomic E-state index is 0.0231. The smallest absolute Gasteiger partial charge is 0.326 e. The first kappa shape index (κ1) is 63.0. The fraction of sp³-hybridized carbons (Fsp3) is 0.542. The number of carboxylic acids is 7. The summed E-state index contributed by atoms with van der Waals surface area (Å²) >= 11 is 7.71. The number of thiocarbonyl (C=S) groups is 1. The van der Waals surface area contributed by atoms with Crippen molar-refractivity contribution in [1.29, 1.82) is 0 Å². The maximum absolute atomic E-state index is 13.6. The van der Waals surface area contributed by atoms with Crippen LogP contribution in [0, 0.1) is 3.57 Å². The Morgan fingerprint density at radius 3 is 1.67 bits per heavy atom. The van der Waals surface area contributed by atoms with Crippen molar-refractivity contribution in [1.82, 2.24) is 40.4 Å². The number of nitrogens with zero attached hydrogens (tertiary/aromatic N) is 5. The lowest BCUT2D eigenvalue weighted by Crippen LogP contribution is -2.53. The number of nitrogens with one attached hydrogen (secondary N) is 4. The third kappa shape index (κ3) is 26.7. The van der Waals surface area contributed by atoms with Crippen LogP contribution in [0.1, 0.15) is 62.5 Å². The number of carboxylic acid groups (broad SMARTS) is 7. The highest BCUT2D eigenvalue weighted by Gasteiger charge is 2.29. The summed E-state index contributed by atoms with van der Waals surface area (Å²) in [5, 5.41) is 77.6. The van der Waals surface area contributed by atoms with Gasteiger partial charge in [-0.25, -0.2) is 14.4 Å². The highest BCUT2D eigenvalue weighted by molar-refractivity contribution is 14.1. The van der Waals surface area contributed by atoms with Crippen LogP contribution in [0.4, 0.5) is 10.5 Å². The zero-order valence-electron chi connectivity index (χ0n) is 41.4. The van der Waals surface area contributed by atoms with E-state index in [0.717, 1.165) is 14.7 Å². The highest BCUT2D eigenvalue weighted by Crippen LogP contribution is 2.17. The van der Waals surface area contributed by atoms with Gasteiger partial charge in [-0.2, -0.15) is 0 Å². The number of hydrogen-bond donors (Lipinski definition) is 11. The summed E-state index contributed by atoms with van der Waals surface area (Å²) in [6.07, 6.45) is 1.34. The fourth-order valence-electron chi connectivity index (χ4n) is 8.18. The molecule has 0 bridgehead atoms. The Hall–Kier alpha value is -6.27. The van der Waals surface area contributed by atoms with Gasteiger partial charge in [0.15, 0.2) is 5.11 Å². The molecule has 3 rings (SSSR count). The van der Waals surface area contributed by atoms with Gasteiger partial charge in [0, 0.05) is 93.6 Å². The van der Waals surface area contributed by atoms with Crippen LogP contribution in [0.25, 0.3) is 0 Å². The summed E-state index contributed by atoms with van der Waals surface area (Å²) in [6.45, 7) is 0.786. The minimum atomic E-state index is -1.54. The number of rotatable bonds is 30. The number of benzene rings is 2. The molecule has 1 aliphatic heterocycles. The summed E-state index contributed by atoms with van der Waals surface area (Å²) < 4.78 is 1.01. The summed E-state index contributed by atoms with van der Waals surface area (Å²) in [6, 6.07) is 10.4. The van der Waals surface area contributed by atoms with E-state index in [2.05, 4.69) is 43.9 Å². The molecule has 2 aromatic rings. The van der Waals surface area contributed by atoms with Crippen LogP contribution in [-0.2, 0) is 51.3 Å². The SMILES string of the molecule is O=C(O)CCC(NC(=O)N[C@@H](CCCCN(Cc1ccc(I)cc1)C(=O)CCCCNC(=S)Nc1ccc(CC2CN(CC(=O)O)CCN(CC(=O)O)CCN(CC(=O)O)CCN2CC(=O)O)cc1)C(=O)O)C(=O)O. The Labute approximate surface area is 452 Å². The lowest BCUT2D eigenvalue weighted by Gasteiger charge is -2.37. The Bertz CT molecular complexity index is 2250. The van der Waals surface area contributed by atoms with E-state index < -0.39 is 85.3 Å². The van der Waals surface area contributed by atoms with Gasteiger partial charge in [-0.15, -0.1) is 0 Å². The Morgan fingerprint density at radius 1 is 0.600 bits per heavy atom. The van der Waals surface area contributed by atoms with Gasteiger partial charge < -0.3 is 61.9 Å². The van der Waals surface area contributed by atoms with E-state index in [1.165, 1.54) is 0 Å². The number of amides is 3. The first-order chi connectivity index (χ1) is 35.6. The summed E-state index contributed by atoms with van der Waals surface area (Å²) in [4.78, 5) is 116. The third-order valence-electron chi connectivity index (χ3n) is 12.0. The van der Waals surface area contributed by atoms with Crippen molar-refractivity contribution in [2.24, 2.45) is 0 Å². The van der Waals surface area contributed by atoms with Gasteiger partial charge in [0.25, 0.3) is 0 Å². The van der Waals surface area contributed by atoms with E-state index in [0.29, 0.717) is 56.0 Å². The molecule has 1 aliphatic rings. The Balaban J connectivity index is 1.58. The van der Waals surface area contributed by atoms with E-state index in [1.807, 2.05) is 36.4 Å². The van der Waals surface area contributed by atoms with Gasteiger partial charge in [-0.3, -0.25) is 48.4 Å². The molecule has 2 unspecified atom stereocenters. The number of urea groups is 1. The Morgan fingerprint density at radius 2 is 1.12 bits per heavy atom. The fourth-order valence-corrected chi connectivity index (χ4v) is 8.76. The van der Waals surface area contributed by atoms with Crippen molar-refractivity contribution in [2.75, 3.05) is 90.4 Å². The molecule has 414 valence electrons. The Kier molecular flexibility index (Phi) is 28.2. The predicted molar refractivity (Wildman–Crippen MR) is 283 cm³/mol. The van der Waals surface area contributed by atoms with Crippen molar-refractivity contribution in [3.05, 3.63) is 63.2 Å². The van der Waals surface area contributed by atoms with E-state index in [4.69, 9.17) is 17.3 Å². The normalized spacial score (nSPS) is 15.9. The lowest BCUT2D eigenvalue weighted by atomic mass is 10.0. The van der Waals surface area contributed by atoms with Gasteiger partial charge in [0.05, 0.1) is 26.2 Å². The van der Waals surface area contributed by atoms with Crippen molar-refractivity contribution >= 4 is 99.3 Å². The molecule has 75 heavy (non-hydrogen) atoms. The van der Waals surface area contributed by atoms with Crippen molar-refractivity contribution < 1.29 is 78.9 Å². The molecule has 1 saturated heterocycles. The molecule has 0 radical (unpaired) electrons. The molecule has 2 aromatic carbocycles. The van der Waals surface area contributed by atoms with Crippen LogP contribution in [0.15, 0.2) is 48.5 Å². The number of anilines is 1. The van der Waals surface area contributed by atoms with Crippen molar-refractivity contribution in [3.63, 3.8) is 0 Å². The molecule has 25 nitrogen and oxygen atoms in total. The number of carbonyl (C=O) groups is 9. The zero-order chi connectivity index (χ0) is 55.5. The quantitative estimate of drug-likeness (QED) is 0.0300. The number of carbonyl (C=O) groups excluding carboxylic acids is 2. The summed E-state index contributed by atoms with van der Waals surface area (Å²) in [5.41, 5.74) is 2.33. The summed E-state index contributed by atoms with van der Waals surface area (Å²) in [5.74, 6) is -8.60. The monoisotopic (exact) mass is 1190 g/mol. The second-order valence-corrected chi connectivity index (χ2v) is 19.6. The van der Waals surface area contributed by atoms with Crippen LogP contribution >= 0.6 is 34.8 Å². The standard InChI is InChI=1S/C48H68IN9O16S/c49-34-11-7-33(8-12-34)26-58(18-4-2-5-37(45(70)71)52-47(74)53-38(46(72)73)15-16-40(60)61)39(59)6-1-3-17-50-48(75)51-35-13-9-32(10-14-35)25-36-27-56(30-43(66)67)22-21-54(28-41(62)63)19-20-55(29-42(64)65)23-24-57(36)31-44(68)69/h7-14,36-38H,1-6,15-31H2,(H,60,61)(H,62,63)(H,64,65)(H,66,67)(H,68,69)(H,70,71)(H,72,73)(H2,50,51,75)(H2,52,53,74)/t36?,37-,38?/m0/s1. The number of hydrogen-bond acceptors (Lipinski definition) is 14. The molecule has 27 heteroatoms. The van der Waals surface area contributed by atoms with Gasteiger partial charge in [-0.1, -0.05) is 24.3 Å². The first-order valence-electron chi connectivity index (χ1n) is 24.3. The van der Waals surface area contributed by atoms with Crippen molar-refractivity contribution in [3.8, 4) is 0 Å². The van der Waals surface area contributed by atoms with Crippen LogP contribution in [-0.4, -0.2) is 222 Å². The number of halogens is 1. The van der Waals surface area contributed by atoms with E-state index in [9.17, 15) is 73.8 Å². The molecular weight excluding hydrogens is 1120 g/mol. The topological polar surface area (TPSA) is 360 Å². The molecule has 0 spiro atoms. The minimum Gasteiger partial charge on any atom is -0.481 e. The highest BCUT2D eigenvalue weighted by atomic mass is 127. The molecule has 11 N–H and O–H groups in total. The summed E-state index contributed by atoms with van der Waals surface area (Å²) in [7, 11) is 0. The van der Waals surface area contributed by atoms with Crippen LogP contribution in [0.2, 0.25) is 0 Å². The molecule has 0 aromatic heterocycles. The average molecular weight is 1190 g/mol. The number of unbranched alkanes of at least 4 members (excludes halogenated alkanes) is 2. The van der Waals surface area contributed by atoms with Gasteiger partial charge in [0.1, 0.15) is 12.1 Å². The maximum atomic E-state index is 13.6. The lowest BCUT2D eigenvalue weighted by molar-refractivity contribution is -0.142. The first-order valence-corrected chi connectivity index (χ1v) is 25.7. The molecule has 0 aliphatic carbocycles. The molecular formula is C48H68IN9O16S. The second-order valence-electron chi connectivity index (χ2n) is 18.0. The largest absolute Gasteiger partial charge is 0.481 e. The maximum Gasteiger partial charge on any atom is 0.326 e. The second kappa shape index (κ2) is 33.6. The van der Waals surface area contributed by atoms with E-state index >= 15 is 0 Å². The van der Waals surface area contributed by atoms with Crippen molar-refractivity contribution in [2.45, 2.75) is 82.5 Å². The molecule has 1 fully saturated rings. The molecule has 3 amide bonds. The molecule has 1 heterocycles. The van der Waals surface area contributed by atoms with Gasteiger partial charge in [0.2, 0.25) is 5.91 Å². The zero-order valence-corrected chi connectivity index (χ0v) is 44.4. The van der Waals surface area contributed by atoms with Gasteiger partial charge >= 0.3 is 47.8 Å². The van der Waals surface area contributed by atoms with E-state index in [1.54, 1.807) is 36.6 Å². The predicted octanol–water partition coefficient (Wildman–Crippen LogP) is 1.49. The molecule has 3 atom stereocenters. The van der Waals surface area contributed by atoms with Crippen LogP contribution in [0.3, 0.4) is 0 Å². The average Bonchev–Trinajstić information content (AvgIpc) is 3.32. The van der Waals surface area contributed by atoms with Crippen LogP contribution < -0.4 is 21.3 Å².